The van der Waals surface area contributed by atoms with Crippen molar-refractivity contribution in [2.45, 2.75) is 25.2 Å². The molecule has 2 nitrogen and oxygen atoms in total. The maximum absolute atomic E-state index is 9.69. The van der Waals surface area contributed by atoms with Crippen LogP contribution in [0.4, 0.5) is 5.69 Å². The number of para-hydroxylation sites is 1. The van der Waals surface area contributed by atoms with Crippen LogP contribution in [0.1, 0.15) is 36.3 Å². The van der Waals surface area contributed by atoms with Crippen LogP contribution in [0.15, 0.2) is 54.6 Å². The van der Waals surface area contributed by atoms with Crippen molar-refractivity contribution in [3.05, 3.63) is 65.7 Å². The molecule has 0 spiro atoms. The Labute approximate surface area is 126 Å². The normalized spacial score (nSPS) is 16.2. The summed E-state index contributed by atoms with van der Waals surface area (Å²) in [7, 11) is 0. The first-order valence-corrected chi connectivity index (χ1v) is 7.68. The first-order valence-electron chi connectivity index (χ1n) is 7.68. The van der Waals surface area contributed by atoms with Gasteiger partial charge in [0.2, 0.25) is 0 Å². The highest BCUT2D eigenvalue weighted by molar-refractivity contribution is 5.59. The standard InChI is InChI=1S/C19H20N2/c20-15-18(16-9-3-1-4-10-16)17-11-5-6-12-19(17)21-13-7-2-8-14-21/h1,3-6,9-12,18H,2,7-8,13-14H2. The summed E-state index contributed by atoms with van der Waals surface area (Å²) < 4.78 is 0. The monoisotopic (exact) mass is 276 g/mol. The minimum Gasteiger partial charge on any atom is -0.371 e. The van der Waals surface area contributed by atoms with Gasteiger partial charge >= 0.3 is 0 Å². The fraction of sp³-hybridized carbons (Fsp3) is 0.316. The largest absolute Gasteiger partial charge is 0.371 e. The average molecular weight is 276 g/mol. The van der Waals surface area contributed by atoms with Crippen LogP contribution in [-0.4, -0.2) is 13.1 Å². The Morgan fingerprint density at radius 3 is 2.24 bits per heavy atom. The van der Waals surface area contributed by atoms with E-state index in [0.717, 1.165) is 24.2 Å². The molecular weight excluding hydrogens is 256 g/mol. The van der Waals surface area contributed by atoms with Crippen molar-refractivity contribution in [1.29, 1.82) is 5.26 Å². The summed E-state index contributed by atoms with van der Waals surface area (Å²) in [6.07, 6.45) is 3.81. The number of rotatable bonds is 3. The zero-order valence-corrected chi connectivity index (χ0v) is 12.2. The van der Waals surface area contributed by atoms with Gasteiger partial charge in [0.1, 0.15) is 0 Å². The topological polar surface area (TPSA) is 27.0 Å². The Morgan fingerprint density at radius 2 is 1.52 bits per heavy atom. The van der Waals surface area contributed by atoms with Gasteiger partial charge in [-0.05, 0) is 36.5 Å². The molecule has 1 unspecified atom stereocenters. The Balaban J connectivity index is 1.99. The van der Waals surface area contributed by atoms with E-state index in [0.29, 0.717) is 0 Å². The maximum Gasteiger partial charge on any atom is 0.0982 e. The van der Waals surface area contributed by atoms with Crippen molar-refractivity contribution < 1.29 is 0 Å². The second-order valence-electron chi connectivity index (χ2n) is 5.58. The molecule has 3 rings (SSSR count). The van der Waals surface area contributed by atoms with Gasteiger partial charge in [-0.1, -0.05) is 48.5 Å². The highest BCUT2D eigenvalue weighted by Gasteiger charge is 2.20. The molecule has 1 heterocycles. The summed E-state index contributed by atoms with van der Waals surface area (Å²) in [5, 5.41) is 9.69. The SMILES string of the molecule is N#CC(c1ccccc1)c1ccccc1N1CCCCC1. The summed E-state index contributed by atoms with van der Waals surface area (Å²) in [6, 6.07) is 21.0. The molecule has 106 valence electrons. The highest BCUT2D eigenvalue weighted by atomic mass is 15.1. The van der Waals surface area contributed by atoms with Gasteiger partial charge < -0.3 is 4.90 Å². The third-order valence-corrected chi connectivity index (χ3v) is 4.21. The van der Waals surface area contributed by atoms with Crippen molar-refractivity contribution >= 4 is 5.69 Å². The van der Waals surface area contributed by atoms with Gasteiger partial charge in [0.25, 0.3) is 0 Å². The van der Waals surface area contributed by atoms with E-state index < -0.39 is 0 Å². The van der Waals surface area contributed by atoms with Gasteiger partial charge in [0.15, 0.2) is 0 Å². The van der Waals surface area contributed by atoms with Crippen molar-refractivity contribution in [3.8, 4) is 6.07 Å². The van der Waals surface area contributed by atoms with Crippen LogP contribution in [0.2, 0.25) is 0 Å². The molecule has 0 radical (unpaired) electrons. The summed E-state index contributed by atoms with van der Waals surface area (Å²) in [4.78, 5) is 2.44. The zero-order chi connectivity index (χ0) is 14.5. The molecule has 0 aliphatic carbocycles. The minimum absolute atomic E-state index is 0.190. The van der Waals surface area contributed by atoms with Crippen LogP contribution >= 0.6 is 0 Å². The summed E-state index contributed by atoms with van der Waals surface area (Å²) >= 11 is 0. The average Bonchev–Trinajstić information content (AvgIpc) is 2.58. The lowest BCUT2D eigenvalue weighted by Crippen LogP contribution is -2.30. The molecule has 0 saturated carbocycles. The lowest BCUT2D eigenvalue weighted by Gasteiger charge is -2.31. The van der Waals surface area contributed by atoms with E-state index in [2.05, 4.69) is 29.2 Å². The molecule has 1 fully saturated rings. The molecule has 21 heavy (non-hydrogen) atoms. The molecule has 2 aromatic carbocycles. The van der Waals surface area contributed by atoms with Gasteiger partial charge in [-0.2, -0.15) is 5.26 Å². The van der Waals surface area contributed by atoms with E-state index in [4.69, 9.17) is 0 Å². The van der Waals surface area contributed by atoms with E-state index in [1.807, 2.05) is 36.4 Å². The van der Waals surface area contributed by atoms with E-state index >= 15 is 0 Å². The molecule has 2 heteroatoms. The van der Waals surface area contributed by atoms with E-state index in [1.165, 1.54) is 24.9 Å². The van der Waals surface area contributed by atoms with Crippen LogP contribution < -0.4 is 4.90 Å². The molecule has 1 aliphatic rings. The van der Waals surface area contributed by atoms with Crippen LogP contribution in [0, 0.1) is 11.3 Å². The van der Waals surface area contributed by atoms with Crippen LogP contribution in [0.3, 0.4) is 0 Å². The van der Waals surface area contributed by atoms with Crippen molar-refractivity contribution in [3.63, 3.8) is 0 Å². The van der Waals surface area contributed by atoms with Crippen molar-refractivity contribution in [2.24, 2.45) is 0 Å². The second kappa shape index (κ2) is 6.45. The molecule has 0 amide bonds. The predicted molar refractivity (Wildman–Crippen MR) is 86.4 cm³/mol. The third kappa shape index (κ3) is 2.92. The first kappa shape index (κ1) is 13.7. The fourth-order valence-electron chi connectivity index (χ4n) is 3.12. The van der Waals surface area contributed by atoms with E-state index in [1.54, 1.807) is 0 Å². The van der Waals surface area contributed by atoms with Crippen LogP contribution in [0.5, 0.6) is 0 Å². The highest BCUT2D eigenvalue weighted by Crippen LogP contribution is 2.33. The van der Waals surface area contributed by atoms with Crippen molar-refractivity contribution in [2.75, 3.05) is 18.0 Å². The summed E-state index contributed by atoms with van der Waals surface area (Å²) in [5.74, 6) is -0.190. The minimum atomic E-state index is -0.190. The maximum atomic E-state index is 9.69. The van der Waals surface area contributed by atoms with Gasteiger partial charge in [0.05, 0.1) is 12.0 Å². The fourth-order valence-corrected chi connectivity index (χ4v) is 3.12. The van der Waals surface area contributed by atoms with E-state index in [-0.39, 0.29) is 5.92 Å². The molecular formula is C19H20N2. The first-order chi connectivity index (χ1) is 10.4. The Kier molecular flexibility index (Phi) is 4.21. The number of nitriles is 1. The van der Waals surface area contributed by atoms with Gasteiger partial charge in [-0.3, -0.25) is 0 Å². The molecule has 2 aromatic rings. The van der Waals surface area contributed by atoms with Gasteiger partial charge in [-0.25, -0.2) is 0 Å². The number of nitrogens with zero attached hydrogens (tertiary/aromatic N) is 2. The van der Waals surface area contributed by atoms with Gasteiger partial charge in [-0.15, -0.1) is 0 Å². The molecule has 0 bridgehead atoms. The number of piperidine rings is 1. The number of anilines is 1. The molecule has 1 aliphatic heterocycles. The predicted octanol–water partition coefficient (Wildman–Crippen LogP) is 4.33. The number of hydrogen-bond donors (Lipinski definition) is 0. The van der Waals surface area contributed by atoms with Gasteiger partial charge in [0, 0.05) is 18.8 Å². The van der Waals surface area contributed by atoms with Crippen molar-refractivity contribution in [1.82, 2.24) is 0 Å². The quantitative estimate of drug-likeness (QED) is 0.834. The zero-order valence-electron chi connectivity index (χ0n) is 12.2. The number of benzene rings is 2. The van der Waals surface area contributed by atoms with Crippen LogP contribution in [0.25, 0.3) is 0 Å². The lowest BCUT2D eigenvalue weighted by molar-refractivity contribution is 0.576. The van der Waals surface area contributed by atoms with Crippen LogP contribution in [-0.2, 0) is 0 Å². The lowest BCUT2D eigenvalue weighted by atomic mass is 9.90. The molecule has 1 atom stereocenters. The summed E-state index contributed by atoms with van der Waals surface area (Å²) in [5.41, 5.74) is 3.44. The second-order valence-corrected chi connectivity index (χ2v) is 5.58. The summed E-state index contributed by atoms with van der Waals surface area (Å²) in [6.45, 7) is 2.20. The smallest absolute Gasteiger partial charge is 0.0982 e. The Hall–Kier alpha value is -2.27. The molecule has 0 N–H and O–H groups in total. The third-order valence-electron chi connectivity index (χ3n) is 4.21. The van der Waals surface area contributed by atoms with E-state index in [9.17, 15) is 5.26 Å². The number of hydrogen-bond acceptors (Lipinski definition) is 2. The molecule has 0 aromatic heterocycles. The molecule has 1 saturated heterocycles. The Morgan fingerprint density at radius 1 is 0.857 bits per heavy atom. The Bertz CT molecular complexity index is 622.